The summed E-state index contributed by atoms with van der Waals surface area (Å²) in [5.41, 5.74) is -2.47. The number of carboxylic acids is 1. The topological polar surface area (TPSA) is 230 Å². The third-order valence-corrected chi connectivity index (χ3v) is 17.5. The Kier molecular flexibility index (Phi) is 12.6. The number of esters is 2. The van der Waals surface area contributed by atoms with Gasteiger partial charge in [-0.15, -0.1) is 0 Å². The van der Waals surface area contributed by atoms with Gasteiger partial charge in [0.2, 0.25) is 0 Å². The Bertz CT molecular complexity index is 1790. The molecule has 0 bridgehead atoms. The quantitative estimate of drug-likeness (QED) is 0.0754. The normalized spacial score (nSPS) is 47.7. The average molecular weight is 847 g/mol. The number of aliphatic hydroxyl groups excluding tert-OH is 6. The summed E-state index contributed by atoms with van der Waals surface area (Å²) in [5, 5.41) is 76.8. The van der Waals surface area contributed by atoms with E-state index in [0.29, 0.717) is 43.3 Å². The number of carboxylic acid groups (broad SMARTS) is 1. The van der Waals surface area contributed by atoms with Gasteiger partial charge in [0.15, 0.2) is 18.5 Å². The Morgan fingerprint density at radius 1 is 0.800 bits per heavy atom. The zero-order valence-corrected chi connectivity index (χ0v) is 37.0. The Labute approximate surface area is 354 Å². The predicted molar refractivity (Wildman–Crippen MR) is 218 cm³/mol. The third-order valence-electron chi connectivity index (χ3n) is 17.5. The Hall–Kier alpha value is -2.69. The van der Waals surface area contributed by atoms with Crippen LogP contribution in [0.3, 0.4) is 0 Å². The zero-order valence-electron chi connectivity index (χ0n) is 37.0. The average Bonchev–Trinajstić information content (AvgIpc) is 3.19. The Morgan fingerprint density at radius 3 is 1.95 bits per heavy atom. The number of rotatable bonds is 9. The highest BCUT2D eigenvalue weighted by molar-refractivity contribution is 5.88. The zero-order chi connectivity index (χ0) is 44.7. The molecule has 5 fully saturated rings. The first kappa shape index (κ1) is 46.8. The summed E-state index contributed by atoms with van der Waals surface area (Å²) in [7, 11) is 0. The van der Waals surface area contributed by atoms with Gasteiger partial charge in [-0.2, -0.15) is 0 Å². The first-order valence-electron chi connectivity index (χ1n) is 21.8. The van der Waals surface area contributed by atoms with Crippen molar-refractivity contribution in [2.24, 2.45) is 50.2 Å². The fourth-order valence-corrected chi connectivity index (χ4v) is 13.4. The van der Waals surface area contributed by atoms with Crippen LogP contribution in [0, 0.1) is 50.2 Å². The van der Waals surface area contributed by atoms with Crippen molar-refractivity contribution in [3.05, 3.63) is 34.9 Å². The van der Waals surface area contributed by atoms with Crippen LogP contribution in [0.5, 0.6) is 0 Å². The molecule has 14 heteroatoms. The molecule has 0 aromatic rings. The molecule has 1 saturated heterocycles. The maximum absolute atomic E-state index is 13.7. The van der Waals surface area contributed by atoms with Crippen LogP contribution in [-0.2, 0) is 33.3 Å². The molecule has 0 unspecified atom stereocenters. The van der Waals surface area contributed by atoms with Crippen molar-refractivity contribution in [2.75, 3.05) is 13.2 Å². The minimum absolute atomic E-state index is 0.0723. The highest BCUT2D eigenvalue weighted by Crippen LogP contribution is 2.76. The number of allylic oxidation sites excluding steroid dienone is 4. The monoisotopic (exact) mass is 846 g/mol. The van der Waals surface area contributed by atoms with Crippen LogP contribution < -0.4 is 0 Å². The highest BCUT2D eigenvalue weighted by Gasteiger charge is 2.74. The molecule has 17 atom stereocenters. The molecule has 0 aromatic heterocycles. The highest BCUT2D eigenvalue weighted by atomic mass is 16.7. The number of carbonyl (C=O) groups excluding carboxylic acids is 2. The summed E-state index contributed by atoms with van der Waals surface area (Å²) < 4.78 is 24.4. The van der Waals surface area contributed by atoms with Crippen LogP contribution in [0.25, 0.3) is 0 Å². The van der Waals surface area contributed by atoms with Crippen LogP contribution in [0.2, 0.25) is 0 Å². The summed E-state index contributed by atoms with van der Waals surface area (Å²) >= 11 is 0. The fraction of sp³-hybridized carbons (Fsp3) is 0.804. The van der Waals surface area contributed by atoms with Crippen molar-refractivity contribution >= 4 is 17.9 Å². The lowest BCUT2D eigenvalue weighted by Crippen LogP contribution is -2.72. The van der Waals surface area contributed by atoms with E-state index >= 15 is 0 Å². The molecule has 14 nitrogen and oxygen atoms in total. The van der Waals surface area contributed by atoms with Crippen LogP contribution in [0.15, 0.2) is 34.9 Å². The van der Waals surface area contributed by atoms with E-state index in [2.05, 4.69) is 26.8 Å². The minimum Gasteiger partial charge on any atom is -0.479 e. The molecular formula is C46H70O14. The number of hydrogen-bond acceptors (Lipinski definition) is 13. The lowest BCUT2D eigenvalue weighted by Gasteiger charge is -2.72. The number of hydrogen-bond donors (Lipinski definition) is 7. The van der Waals surface area contributed by atoms with E-state index < -0.39 is 107 Å². The molecule has 0 aromatic carbocycles. The van der Waals surface area contributed by atoms with Crippen LogP contribution in [0.4, 0.5) is 0 Å². The van der Waals surface area contributed by atoms with E-state index in [1.807, 2.05) is 20.8 Å². The summed E-state index contributed by atoms with van der Waals surface area (Å²) in [6.07, 6.45) is -3.27. The number of aliphatic carboxylic acids is 1. The molecule has 338 valence electrons. The van der Waals surface area contributed by atoms with E-state index in [9.17, 15) is 50.1 Å². The van der Waals surface area contributed by atoms with E-state index in [1.165, 1.54) is 0 Å². The Balaban J connectivity index is 1.38. The van der Waals surface area contributed by atoms with Gasteiger partial charge < -0.3 is 54.7 Å². The molecule has 0 radical (unpaired) electrons. The van der Waals surface area contributed by atoms with Gasteiger partial charge >= 0.3 is 17.9 Å². The van der Waals surface area contributed by atoms with E-state index in [4.69, 9.17) is 18.9 Å². The van der Waals surface area contributed by atoms with Crippen molar-refractivity contribution in [1.29, 1.82) is 0 Å². The van der Waals surface area contributed by atoms with Crippen molar-refractivity contribution in [1.82, 2.24) is 0 Å². The molecule has 1 aliphatic heterocycles. The summed E-state index contributed by atoms with van der Waals surface area (Å²) in [6.45, 7) is 18.7. The predicted octanol–water partition coefficient (Wildman–Crippen LogP) is 3.98. The molecule has 6 aliphatic rings. The van der Waals surface area contributed by atoms with Crippen LogP contribution >= 0.6 is 0 Å². The molecule has 60 heavy (non-hydrogen) atoms. The molecule has 4 saturated carbocycles. The lowest BCUT2D eigenvalue weighted by molar-refractivity contribution is -0.328. The molecule has 6 rings (SSSR count). The van der Waals surface area contributed by atoms with Gasteiger partial charge in [0.1, 0.15) is 24.4 Å². The van der Waals surface area contributed by atoms with Gasteiger partial charge in [0.25, 0.3) is 0 Å². The summed E-state index contributed by atoms with van der Waals surface area (Å²) in [4.78, 5) is 38.9. The molecule has 0 spiro atoms. The van der Waals surface area contributed by atoms with Gasteiger partial charge in [0.05, 0.1) is 30.8 Å². The van der Waals surface area contributed by atoms with Crippen molar-refractivity contribution < 1.29 is 69.1 Å². The van der Waals surface area contributed by atoms with Crippen molar-refractivity contribution in [3.63, 3.8) is 0 Å². The smallest absolute Gasteiger partial charge is 0.335 e. The number of fused-ring (bicyclic) bond motifs is 7. The van der Waals surface area contributed by atoms with Gasteiger partial charge in [0, 0.05) is 22.0 Å². The van der Waals surface area contributed by atoms with Crippen LogP contribution in [-0.4, -0.2) is 122 Å². The maximum atomic E-state index is 13.7. The van der Waals surface area contributed by atoms with Gasteiger partial charge in [-0.3, -0.25) is 0 Å². The van der Waals surface area contributed by atoms with E-state index in [-0.39, 0.29) is 35.7 Å². The number of aliphatic hydroxyl groups is 6. The minimum atomic E-state index is -1.85. The van der Waals surface area contributed by atoms with Crippen molar-refractivity contribution in [2.45, 2.75) is 169 Å². The van der Waals surface area contributed by atoms with E-state index in [0.717, 1.165) is 12.0 Å². The van der Waals surface area contributed by atoms with Crippen LogP contribution in [0.1, 0.15) is 114 Å². The fourth-order valence-electron chi connectivity index (χ4n) is 13.4. The summed E-state index contributed by atoms with van der Waals surface area (Å²) in [5.74, 6) is -3.13. The van der Waals surface area contributed by atoms with Gasteiger partial charge in [-0.05, 0) is 107 Å². The number of ether oxygens (including phenoxy) is 4. The SMILES string of the molecule is C/C=C(/C)C(=O)O[C@@H]1[C@H](OC(=O)/C(C)=C\C)C(C)(C)C[C@H]2C3=CC[C@@H]4[C@@]5(C)CC[C@H](O[C@@H]6O[C@H](C(=O)O)[C@@H](O)[C@H](O)[C@H]6O)[C@@](C)(CO)[C@@H]5CC[C@@]4(C)[C@]3(C)C[C@H](O)[C@@]12CO. The molecule has 5 aliphatic carbocycles. The van der Waals surface area contributed by atoms with Gasteiger partial charge in [-0.25, -0.2) is 14.4 Å². The van der Waals surface area contributed by atoms with Gasteiger partial charge in [-0.1, -0.05) is 65.3 Å². The second kappa shape index (κ2) is 16.1. The maximum Gasteiger partial charge on any atom is 0.335 e. The van der Waals surface area contributed by atoms with E-state index in [1.54, 1.807) is 39.8 Å². The largest absolute Gasteiger partial charge is 0.479 e. The molecule has 0 amide bonds. The molecular weight excluding hydrogens is 776 g/mol. The van der Waals surface area contributed by atoms with Crippen molar-refractivity contribution in [3.8, 4) is 0 Å². The first-order valence-corrected chi connectivity index (χ1v) is 21.8. The molecule has 1 heterocycles. The second-order valence-corrected chi connectivity index (χ2v) is 20.7. The number of carbonyl (C=O) groups is 3. The molecule has 7 N–H and O–H groups in total. The lowest BCUT2D eigenvalue weighted by atomic mass is 9.33. The Morgan fingerprint density at radius 2 is 1.40 bits per heavy atom. The second-order valence-electron chi connectivity index (χ2n) is 20.7. The third kappa shape index (κ3) is 6.76. The standard InChI is InChI=1S/C46H70O14/c1-11-23(3)38(55)59-35-36(60-39(56)24(4)12-2)46(22-48)26(19-41(35,5)6)25-13-14-28-42(7)17-16-30(57-40-33(52)31(50)32(51)34(58-40)37(53)54)43(8,21-47)27(42)15-18-44(28,9)45(25,10)20-29(46)49/h11-13,26-36,40,47-52H,14-22H2,1-10H3,(H,53,54)/b23-11-,24-12-/t26-,27+,28+,29-,30-,31-,32-,33+,34-,35-,36+,40+,42-,43-,44+,45+,46-/m0/s1. The summed E-state index contributed by atoms with van der Waals surface area (Å²) in [6, 6.07) is 0. The first-order chi connectivity index (χ1) is 27.9.